The largest absolute Gasteiger partial charge is 0.346 e. The van der Waals surface area contributed by atoms with Crippen LogP contribution >= 0.6 is 0 Å². The molecule has 0 aliphatic rings. The fourth-order valence-electron chi connectivity index (χ4n) is 3.67. The fourth-order valence-corrected chi connectivity index (χ4v) is 3.67. The topological polar surface area (TPSA) is 42.0 Å². The maximum absolute atomic E-state index is 14.5. The average Bonchev–Trinajstić information content (AvgIpc) is 2.60. The molecule has 0 radical (unpaired) electrons. The zero-order valence-corrected chi connectivity index (χ0v) is 16.0. The highest BCUT2D eigenvalue weighted by atomic mass is 19.1. The number of para-hydroxylation sites is 1. The molecule has 0 spiro atoms. The summed E-state index contributed by atoms with van der Waals surface area (Å²) in [6, 6.07) is 19.3. The molecular formula is C23H25FN2O. The number of halogens is 1. The van der Waals surface area contributed by atoms with E-state index in [0.717, 1.165) is 16.5 Å². The van der Waals surface area contributed by atoms with Crippen LogP contribution in [0.1, 0.15) is 43.1 Å². The molecule has 0 aliphatic carbocycles. The molecule has 0 aliphatic heterocycles. The highest BCUT2D eigenvalue weighted by Gasteiger charge is 2.34. The lowest BCUT2D eigenvalue weighted by molar-refractivity contribution is 0.0843. The van der Waals surface area contributed by atoms with Crippen LogP contribution in [0.2, 0.25) is 0 Å². The lowest BCUT2D eigenvalue weighted by Gasteiger charge is -2.35. The van der Waals surface area contributed by atoms with E-state index < -0.39 is 11.2 Å². The smallest absolute Gasteiger partial charge is 0.253 e. The molecule has 1 unspecified atom stereocenters. The summed E-state index contributed by atoms with van der Waals surface area (Å²) >= 11 is 0. The molecule has 3 rings (SSSR count). The van der Waals surface area contributed by atoms with Gasteiger partial charge in [0.1, 0.15) is 5.67 Å². The van der Waals surface area contributed by atoms with Crippen molar-refractivity contribution in [1.82, 2.24) is 10.3 Å². The summed E-state index contributed by atoms with van der Waals surface area (Å²) in [7, 11) is 0. The van der Waals surface area contributed by atoms with E-state index in [9.17, 15) is 9.18 Å². The Kier molecular flexibility index (Phi) is 5.26. The highest BCUT2D eigenvalue weighted by molar-refractivity contribution is 5.97. The van der Waals surface area contributed by atoms with Gasteiger partial charge in [0, 0.05) is 23.5 Å². The monoisotopic (exact) mass is 364 g/mol. The number of hydrogen-bond donors (Lipinski definition) is 1. The number of carbonyl (C=O) groups excluding carboxylic acids is 1. The van der Waals surface area contributed by atoms with Gasteiger partial charge < -0.3 is 5.32 Å². The molecule has 1 N–H and O–H groups in total. The minimum absolute atomic E-state index is 0.210. The van der Waals surface area contributed by atoms with E-state index in [0.29, 0.717) is 12.0 Å². The summed E-state index contributed by atoms with van der Waals surface area (Å²) in [6.07, 6.45) is 2.33. The van der Waals surface area contributed by atoms with Gasteiger partial charge in [0.2, 0.25) is 0 Å². The molecular weight excluding hydrogens is 339 g/mol. The molecule has 0 saturated carbocycles. The van der Waals surface area contributed by atoms with Gasteiger partial charge in [-0.1, -0.05) is 48.5 Å². The second-order valence-electron chi connectivity index (χ2n) is 7.99. The number of hydrogen-bond acceptors (Lipinski definition) is 2. The number of carbonyl (C=O) groups is 1. The molecule has 2 aromatic carbocycles. The molecule has 1 atom stereocenters. The third-order valence-electron chi connectivity index (χ3n) is 4.52. The molecule has 0 bridgehead atoms. The van der Waals surface area contributed by atoms with Gasteiger partial charge in [0.05, 0.1) is 11.1 Å². The van der Waals surface area contributed by atoms with Gasteiger partial charge in [0.15, 0.2) is 0 Å². The molecule has 1 heterocycles. The molecule has 0 saturated heterocycles. The number of pyridine rings is 1. The second-order valence-corrected chi connectivity index (χ2v) is 7.99. The molecule has 0 fully saturated rings. The number of rotatable bonds is 6. The summed E-state index contributed by atoms with van der Waals surface area (Å²) in [5.41, 5.74) is 0.248. The normalized spacial score (nSPS) is 13.9. The Morgan fingerprint density at radius 2 is 1.70 bits per heavy atom. The van der Waals surface area contributed by atoms with E-state index in [-0.39, 0.29) is 12.3 Å². The zero-order chi connectivity index (χ0) is 19.5. The van der Waals surface area contributed by atoms with E-state index in [4.69, 9.17) is 0 Å². The number of amides is 1. The Hall–Kier alpha value is -2.75. The summed E-state index contributed by atoms with van der Waals surface area (Å²) < 4.78 is 14.5. The molecule has 3 aromatic rings. The van der Waals surface area contributed by atoms with Crippen molar-refractivity contribution >= 4 is 16.8 Å². The predicted molar refractivity (Wildman–Crippen MR) is 108 cm³/mol. The van der Waals surface area contributed by atoms with Crippen molar-refractivity contribution in [3.63, 3.8) is 0 Å². The Bertz CT molecular complexity index is 934. The molecule has 3 nitrogen and oxygen atoms in total. The van der Waals surface area contributed by atoms with Crippen molar-refractivity contribution < 1.29 is 9.18 Å². The lowest BCUT2D eigenvalue weighted by atomic mass is 9.83. The Labute approximate surface area is 159 Å². The van der Waals surface area contributed by atoms with E-state index in [1.807, 2.05) is 67.6 Å². The van der Waals surface area contributed by atoms with Crippen molar-refractivity contribution in [2.24, 2.45) is 0 Å². The zero-order valence-electron chi connectivity index (χ0n) is 16.0. The second kappa shape index (κ2) is 7.47. The quantitative estimate of drug-likeness (QED) is 0.661. The third kappa shape index (κ3) is 5.13. The summed E-state index contributed by atoms with van der Waals surface area (Å²) in [5, 5.41) is 3.96. The molecule has 27 heavy (non-hydrogen) atoms. The van der Waals surface area contributed by atoms with E-state index in [2.05, 4.69) is 10.3 Å². The van der Waals surface area contributed by atoms with Gasteiger partial charge in [-0.25, -0.2) is 4.39 Å². The molecule has 1 aromatic heterocycles. The number of nitrogens with one attached hydrogen (secondary N) is 1. The van der Waals surface area contributed by atoms with Gasteiger partial charge in [-0.15, -0.1) is 0 Å². The van der Waals surface area contributed by atoms with Gasteiger partial charge in [-0.3, -0.25) is 9.78 Å². The van der Waals surface area contributed by atoms with Crippen molar-refractivity contribution in [3.05, 3.63) is 78.0 Å². The van der Waals surface area contributed by atoms with Crippen molar-refractivity contribution in [1.29, 1.82) is 0 Å². The van der Waals surface area contributed by atoms with Crippen LogP contribution in [0.4, 0.5) is 4.39 Å². The first-order valence-electron chi connectivity index (χ1n) is 9.14. The van der Waals surface area contributed by atoms with Crippen LogP contribution in [0.25, 0.3) is 10.9 Å². The van der Waals surface area contributed by atoms with Crippen molar-refractivity contribution in [2.75, 3.05) is 0 Å². The number of benzene rings is 2. The van der Waals surface area contributed by atoms with Crippen LogP contribution in [0.15, 0.2) is 66.9 Å². The van der Waals surface area contributed by atoms with Crippen LogP contribution in [-0.2, 0) is 6.42 Å². The number of nitrogens with zero attached hydrogens (tertiary/aromatic N) is 1. The van der Waals surface area contributed by atoms with E-state index in [1.165, 1.54) is 0 Å². The highest BCUT2D eigenvalue weighted by Crippen LogP contribution is 2.27. The van der Waals surface area contributed by atoms with Gasteiger partial charge in [-0.2, -0.15) is 0 Å². The number of aromatic nitrogens is 1. The van der Waals surface area contributed by atoms with Gasteiger partial charge in [0.25, 0.3) is 5.91 Å². The van der Waals surface area contributed by atoms with Crippen LogP contribution in [-0.4, -0.2) is 22.1 Å². The minimum atomic E-state index is -1.40. The lowest BCUT2D eigenvalue weighted by Crippen LogP contribution is -2.50. The van der Waals surface area contributed by atoms with E-state index in [1.54, 1.807) is 20.0 Å². The Morgan fingerprint density at radius 3 is 2.41 bits per heavy atom. The standard InChI is InChI=1S/C23H25FN2O/c1-22(2,24)16-23(3,14-17-9-5-4-6-10-17)26-21(27)19-13-18-11-7-8-12-20(18)25-15-19/h4-13,15H,14,16H2,1-3H3,(H,26,27). The maximum atomic E-state index is 14.5. The first kappa shape index (κ1) is 19.0. The average molecular weight is 364 g/mol. The summed E-state index contributed by atoms with van der Waals surface area (Å²) in [5.74, 6) is -0.240. The van der Waals surface area contributed by atoms with E-state index >= 15 is 0 Å². The first-order chi connectivity index (χ1) is 12.7. The summed E-state index contributed by atoms with van der Waals surface area (Å²) in [4.78, 5) is 17.3. The Morgan fingerprint density at radius 1 is 1.04 bits per heavy atom. The Balaban J connectivity index is 1.86. The van der Waals surface area contributed by atoms with Crippen LogP contribution < -0.4 is 5.32 Å². The van der Waals surface area contributed by atoms with Crippen molar-refractivity contribution in [3.8, 4) is 0 Å². The predicted octanol–water partition coefficient (Wildman–Crippen LogP) is 5.10. The maximum Gasteiger partial charge on any atom is 0.253 e. The SMILES string of the molecule is CC(C)(F)CC(C)(Cc1ccccc1)NC(=O)c1cnc2ccccc2c1. The first-order valence-corrected chi connectivity index (χ1v) is 9.14. The fraction of sp³-hybridized carbons (Fsp3) is 0.304. The number of alkyl halides is 1. The summed E-state index contributed by atoms with van der Waals surface area (Å²) in [6.45, 7) is 4.98. The molecule has 1 amide bonds. The van der Waals surface area contributed by atoms with Crippen LogP contribution in [0.5, 0.6) is 0 Å². The number of fused-ring (bicyclic) bond motifs is 1. The molecule has 4 heteroatoms. The van der Waals surface area contributed by atoms with Crippen LogP contribution in [0.3, 0.4) is 0 Å². The molecule has 140 valence electrons. The van der Waals surface area contributed by atoms with Crippen molar-refractivity contribution in [2.45, 2.75) is 44.8 Å². The van der Waals surface area contributed by atoms with Gasteiger partial charge >= 0.3 is 0 Å². The minimum Gasteiger partial charge on any atom is -0.346 e. The van der Waals surface area contributed by atoms with Gasteiger partial charge in [-0.05, 0) is 44.9 Å². The third-order valence-corrected chi connectivity index (χ3v) is 4.52. The van der Waals surface area contributed by atoms with Crippen LogP contribution in [0, 0.1) is 0 Å².